The van der Waals surface area contributed by atoms with Crippen LogP contribution in [0.15, 0.2) is 60.9 Å². The number of hydrogen-bond donors (Lipinski definition) is 1. The van der Waals surface area contributed by atoms with Crippen molar-refractivity contribution >= 4 is 0 Å². The van der Waals surface area contributed by atoms with E-state index < -0.39 is 0 Å². The molecular weight excluding hydrogens is 334 g/mol. The predicted molar refractivity (Wildman–Crippen MR) is 111 cm³/mol. The van der Waals surface area contributed by atoms with Gasteiger partial charge in [-0.25, -0.2) is 0 Å². The molecule has 0 aliphatic carbocycles. The lowest BCUT2D eigenvalue weighted by atomic mass is 9.85. The van der Waals surface area contributed by atoms with Crippen molar-refractivity contribution in [2.45, 2.75) is 52.4 Å². The van der Waals surface area contributed by atoms with Gasteiger partial charge in [0.1, 0.15) is 17.2 Å². The summed E-state index contributed by atoms with van der Waals surface area (Å²) in [5.74, 6) is 1.66. The third-order valence-electron chi connectivity index (χ3n) is 4.70. The Hall–Kier alpha value is -2.68. The Morgan fingerprint density at radius 1 is 0.815 bits per heavy atom. The molecule has 27 heavy (non-hydrogen) atoms. The molecular formula is C24H29NO2. The summed E-state index contributed by atoms with van der Waals surface area (Å²) in [7, 11) is 0. The first-order chi connectivity index (χ1) is 12.6. The van der Waals surface area contributed by atoms with E-state index in [4.69, 9.17) is 4.74 Å². The van der Waals surface area contributed by atoms with Crippen LogP contribution in [0.5, 0.6) is 17.2 Å². The summed E-state index contributed by atoms with van der Waals surface area (Å²) in [4.78, 5) is 0. The van der Waals surface area contributed by atoms with E-state index in [0.29, 0.717) is 5.75 Å². The van der Waals surface area contributed by atoms with E-state index in [1.165, 1.54) is 5.56 Å². The van der Waals surface area contributed by atoms with Crippen LogP contribution in [-0.4, -0.2) is 9.67 Å². The molecule has 3 nitrogen and oxygen atoms in total. The van der Waals surface area contributed by atoms with Crippen LogP contribution in [0, 0.1) is 0 Å². The fourth-order valence-corrected chi connectivity index (χ4v) is 3.08. The Morgan fingerprint density at radius 2 is 1.48 bits per heavy atom. The maximum Gasteiger partial charge on any atom is 0.143 e. The van der Waals surface area contributed by atoms with Gasteiger partial charge in [0, 0.05) is 24.0 Å². The summed E-state index contributed by atoms with van der Waals surface area (Å²) in [5.41, 5.74) is 2.93. The molecule has 0 saturated heterocycles. The van der Waals surface area contributed by atoms with E-state index in [1.807, 2.05) is 47.3 Å². The average Bonchev–Trinajstić information content (AvgIpc) is 3.07. The Labute approximate surface area is 162 Å². The van der Waals surface area contributed by atoms with E-state index >= 15 is 0 Å². The van der Waals surface area contributed by atoms with Crippen molar-refractivity contribution in [2.75, 3.05) is 0 Å². The highest BCUT2D eigenvalue weighted by Crippen LogP contribution is 2.40. The topological polar surface area (TPSA) is 34.4 Å². The molecule has 1 heterocycles. The highest BCUT2D eigenvalue weighted by Gasteiger charge is 2.23. The molecule has 0 bridgehead atoms. The van der Waals surface area contributed by atoms with Crippen molar-refractivity contribution in [1.29, 1.82) is 0 Å². The summed E-state index contributed by atoms with van der Waals surface area (Å²) in [6.07, 6.45) is 3.85. The van der Waals surface area contributed by atoms with E-state index in [0.717, 1.165) is 17.0 Å². The number of aromatic hydroxyl groups is 1. The molecule has 0 unspecified atom stereocenters. The average molecular weight is 364 g/mol. The van der Waals surface area contributed by atoms with E-state index in [-0.39, 0.29) is 16.6 Å². The minimum absolute atomic E-state index is 0.0483. The molecule has 0 saturated carbocycles. The highest BCUT2D eigenvalue weighted by atomic mass is 16.5. The summed E-state index contributed by atoms with van der Waals surface area (Å²) in [5, 5.41) is 10.6. The standard InChI is InChI=1S/C24H29NO2/c1-23(2,3)17-10-9-11-18(14-17)27-22-16-21(26)20(25-12-7-8-13-25)15-19(22)24(4,5)6/h7-16,26H,1-6H3. The Morgan fingerprint density at radius 3 is 2.07 bits per heavy atom. The number of benzene rings is 2. The molecule has 142 valence electrons. The van der Waals surface area contributed by atoms with Gasteiger partial charge < -0.3 is 14.4 Å². The first-order valence-electron chi connectivity index (χ1n) is 9.35. The molecule has 0 fully saturated rings. The zero-order chi connectivity index (χ0) is 19.8. The maximum absolute atomic E-state index is 10.6. The van der Waals surface area contributed by atoms with Crippen molar-refractivity contribution in [3.8, 4) is 22.9 Å². The number of rotatable bonds is 3. The van der Waals surface area contributed by atoms with Gasteiger partial charge in [0.05, 0.1) is 5.69 Å². The van der Waals surface area contributed by atoms with Crippen LogP contribution < -0.4 is 4.74 Å². The fourth-order valence-electron chi connectivity index (χ4n) is 3.08. The van der Waals surface area contributed by atoms with Gasteiger partial charge in [-0.2, -0.15) is 0 Å². The first kappa shape index (κ1) is 19.1. The quantitative estimate of drug-likeness (QED) is 0.571. The molecule has 0 amide bonds. The molecule has 0 spiro atoms. The van der Waals surface area contributed by atoms with Crippen LogP contribution in [0.1, 0.15) is 52.7 Å². The third-order valence-corrected chi connectivity index (χ3v) is 4.70. The second-order valence-corrected chi connectivity index (χ2v) is 9.06. The lowest BCUT2D eigenvalue weighted by Gasteiger charge is -2.25. The number of phenolic OH excluding ortho intramolecular Hbond substituents is 1. The molecule has 3 aromatic rings. The van der Waals surface area contributed by atoms with Crippen LogP contribution in [0.25, 0.3) is 5.69 Å². The third kappa shape index (κ3) is 4.19. The minimum Gasteiger partial charge on any atom is -0.506 e. The number of phenols is 1. The second kappa shape index (κ2) is 6.80. The largest absolute Gasteiger partial charge is 0.506 e. The molecule has 1 N–H and O–H groups in total. The van der Waals surface area contributed by atoms with E-state index in [1.54, 1.807) is 6.07 Å². The van der Waals surface area contributed by atoms with Crippen molar-refractivity contribution in [3.05, 3.63) is 72.1 Å². The molecule has 3 heteroatoms. The SMILES string of the molecule is CC(C)(C)c1cccc(Oc2cc(O)c(-n3cccc3)cc2C(C)(C)C)c1. The van der Waals surface area contributed by atoms with Gasteiger partial charge in [-0.3, -0.25) is 0 Å². The van der Waals surface area contributed by atoms with Crippen LogP contribution in [-0.2, 0) is 10.8 Å². The first-order valence-corrected chi connectivity index (χ1v) is 9.35. The van der Waals surface area contributed by atoms with Crippen LogP contribution in [0.4, 0.5) is 0 Å². The Bertz CT molecular complexity index is 926. The van der Waals surface area contributed by atoms with Crippen LogP contribution in [0.2, 0.25) is 0 Å². The normalized spacial score (nSPS) is 12.2. The molecule has 3 rings (SSSR count). The van der Waals surface area contributed by atoms with Crippen LogP contribution in [0.3, 0.4) is 0 Å². The molecule has 2 aromatic carbocycles. The summed E-state index contributed by atoms with van der Waals surface area (Å²) < 4.78 is 8.17. The van der Waals surface area contributed by atoms with Gasteiger partial charge in [-0.15, -0.1) is 0 Å². The van der Waals surface area contributed by atoms with Gasteiger partial charge in [0.2, 0.25) is 0 Å². The number of hydrogen-bond acceptors (Lipinski definition) is 2. The molecule has 0 radical (unpaired) electrons. The Kier molecular flexibility index (Phi) is 4.81. The van der Waals surface area contributed by atoms with Crippen LogP contribution >= 0.6 is 0 Å². The summed E-state index contributed by atoms with van der Waals surface area (Å²) in [6.45, 7) is 13.0. The predicted octanol–water partition coefficient (Wildman–Crippen LogP) is 6.57. The van der Waals surface area contributed by atoms with Gasteiger partial charge >= 0.3 is 0 Å². The summed E-state index contributed by atoms with van der Waals surface area (Å²) >= 11 is 0. The zero-order valence-corrected chi connectivity index (χ0v) is 17.1. The van der Waals surface area contributed by atoms with Gasteiger partial charge in [0.25, 0.3) is 0 Å². The lowest BCUT2D eigenvalue weighted by Crippen LogP contribution is -2.14. The maximum atomic E-state index is 10.6. The molecule has 0 aliphatic heterocycles. The smallest absolute Gasteiger partial charge is 0.143 e. The highest BCUT2D eigenvalue weighted by molar-refractivity contribution is 5.57. The van der Waals surface area contributed by atoms with Crippen molar-refractivity contribution in [2.24, 2.45) is 0 Å². The number of ether oxygens (including phenoxy) is 1. The molecule has 0 aliphatic rings. The van der Waals surface area contributed by atoms with Gasteiger partial charge in [0.15, 0.2) is 0 Å². The number of aromatic nitrogens is 1. The monoisotopic (exact) mass is 363 g/mol. The zero-order valence-electron chi connectivity index (χ0n) is 17.1. The fraction of sp³-hybridized carbons (Fsp3) is 0.333. The van der Waals surface area contributed by atoms with E-state index in [2.05, 4.69) is 53.7 Å². The van der Waals surface area contributed by atoms with Crippen molar-refractivity contribution in [3.63, 3.8) is 0 Å². The van der Waals surface area contributed by atoms with Crippen molar-refractivity contribution in [1.82, 2.24) is 4.57 Å². The molecule has 1 aromatic heterocycles. The van der Waals surface area contributed by atoms with E-state index in [9.17, 15) is 5.11 Å². The minimum atomic E-state index is -0.132. The summed E-state index contributed by atoms with van der Waals surface area (Å²) in [6, 6.07) is 15.8. The lowest BCUT2D eigenvalue weighted by molar-refractivity contribution is 0.435. The second-order valence-electron chi connectivity index (χ2n) is 9.06. The number of nitrogens with zero attached hydrogens (tertiary/aromatic N) is 1. The van der Waals surface area contributed by atoms with Gasteiger partial charge in [-0.1, -0.05) is 53.7 Å². The Balaban J connectivity index is 2.07. The van der Waals surface area contributed by atoms with Gasteiger partial charge in [-0.05, 0) is 46.7 Å². The molecule has 0 atom stereocenters. The van der Waals surface area contributed by atoms with Crippen molar-refractivity contribution < 1.29 is 9.84 Å².